The Balaban J connectivity index is 2.27. The van der Waals surface area contributed by atoms with Crippen LogP contribution in [0.3, 0.4) is 0 Å². The molecule has 0 saturated heterocycles. The lowest BCUT2D eigenvalue weighted by molar-refractivity contribution is 1.34. The molecule has 30 heavy (non-hydrogen) atoms. The zero-order valence-corrected chi connectivity index (χ0v) is 20.0. The molecule has 0 N–H and O–H groups in total. The molecule has 0 nitrogen and oxygen atoms in total. The molecule has 0 bridgehead atoms. The molecule has 0 radical (unpaired) electrons. The van der Waals surface area contributed by atoms with Crippen LogP contribution in [0.2, 0.25) is 0 Å². The molecule has 6 rings (SSSR count). The predicted molar refractivity (Wildman–Crippen MR) is 135 cm³/mol. The molecule has 0 heteroatoms. The van der Waals surface area contributed by atoms with Crippen LogP contribution in [0.25, 0.3) is 53.9 Å². The van der Waals surface area contributed by atoms with Gasteiger partial charge in [0.2, 0.25) is 0 Å². The lowest BCUT2D eigenvalue weighted by Crippen LogP contribution is -1.97. The summed E-state index contributed by atoms with van der Waals surface area (Å²) in [4.78, 5) is 0. The molecule has 0 aliphatic carbocycles. The lowest BCUT2D eigenvalue weighted by Gasteiger charge is -2.20. The van der Waals surface area contributed by atoms with Crippen molar-refractivity contribution in [2.75, 3.05) is 0 Å². The first-order valence-electron chi connectivity index (χ1n) is 11.2. The van der Waals surface area contributed by atoms with Gasteiger partial charge in [-0.15, -0.1) is 0 Å². The summed E-state index contributed by atoms with van der Waals surface area (Å²) in [7, 11) is 0. The second kappa shape index (κ2) is 5.17. The van der Waals surface area contributed by atoms with Gasteiger partial charge in [-0.1, -0.05) is 0 Å². The first-order chi connectivity index (χ1) is 14.1. The molecular formula is C30H30. The number of hydrogen-bond acceptors (Lipinski definition) is 0. The topological polar surface area (TPSA) is 0 Å². The van der Waals surface area contributed by atoms with E-state index in [9.17, 15) is 0 Å². The average Bonchev–Trinajstić information content (AvgIpc) is 3.02. The quantitative estimate of drug-likeness (QED) is 0.227. The molecule has 0 heterocycles. The smallest absolute Gasteiger partial charge is 0.000793 e. The van der Waals surface area contributed by atoms with Crippen molar-refractivity contribution in [1.82, 2.24) is 0 Å². The highest BCUT2D eigenvalue weighted by atomic mass is 14.3. The summed E-state index contributed by atoms with van der Waals surface area (Å²) in [6.07, 6.45) is 0. The Bertz CT molecular complexity index is 1300. The Morgan fingerprint density at radius 3 is 0.367 bits per heavy atom. The first-order valence-corrected chi connectivity index (χ1v) is 11.2. The van der Waals surface area contributed by atoms with Gasteiger partial charge in [-0.2, -0.15) is 0 Å². The summed E-state index contributed by atoms with van der Waals surface area (Å²) in [5.41, 5.74) is 14.7. The van der Waals surface area contributed by atoms with E-state index >= 15 is 0 Å². The Morgan fingerprint density at radius 2 is 0.267 bits per heavy atom. The van der Waals surface area contributed by atoms with Gasteiger partial charge in [-0.3, -0.25) is 0 Å². The van der Waals surface area contributed by atoms with Crippen LogP contribution in [-0.4, -0.2) is 0 Å². The van der Waals surface area contributed by atoms with E-state index in [0.29, 0.717) is 0 Å². The van der Waals surface area contributed by atoms with E-state index in [0.717, 1.165) is 0 Å². The van der Waals surface area contributed by atoms with Gasteiger partial charge in [0.1, 0.15) is 0 Å². The highest BCUT2D eigenvalue weighted by Crippen LogP contribution is 2.55. The Morgan fingerprint density at radius 1 is 0.167 bits per heavy atom. The normalized spacial score (nSPS) is 13.0. The van der Waals surface area contributed by atoms with Crippen LogP contribution < -0.4 is 0 Å². The number of aryl methyl sites for hydroxylation is 10. The minimum absolute atomic E-state index is 1.47. The molecule has 0 aliphatic rings. The van der Waals surface area contributed by atoms with Crippen molar-refractivity contribution in [3.8, 4) is 0 Å². The molecule has 0 aromatic heterocycles. The average molecular weight is 391 g/mol. The number of rotatable bonds is 0. The van der Waals surface area contributed by atoms with Gasteiger partial charge >= 0.3 is 0 Å². The van der Waals surface area contributed by atoms with Crippen LogP contribution in [0.1, 0.15) is 55.6 Å². The van der Waals surface area contributed by atoms with Crippen molar-refractivity contribution < 1.29 is 0 Å². The Kier molecular flexibility index (Phi) is 3.13. The standard InChI is InChI=1S/C30H30/c1-11-12(2)22-15(5)16(6)24-19(9)20(10)25-18(8)17(7)23-14(4)13(3)21(11)26-27(22)29(24)30(25)28(23)26/h1-10H3. The van der Waals surface area contributed by atoms with Crippen LogP contribution in [0.4, 0.5) is 0 Å². The summed E-state index contributed by atoms with van der Waals surface area (Å²) in [5.74, 6) is 0. The third-order valence-electron chi connectivity index (χ3n) is 9.06. The third kappa shape index (κ3) is 1.59. The maximum atomic E-state index is 2.35. The molecular weight excluding hydrogens is 360 g/mol. The molecule has 0 unspecified atom stereocenters. The van der Waals surface area contributed by atoms with E-state index in [4.69, 9.17) is 0 Å². The highest BCUT2D eigenvalue weighted by Gasteiger charge is 2.30. The van der Waals surface area contributed by atoms with Gasteiger partial charge < -0.3 is 0 Å². The van der Waals surface area contributed by atoms with E-state index in [1.54, 1.807) is 0 Å². The third-order valence-corrected chi connectivity index (χ3v) is 9.06. The van der Waals surface area contributed by atoms with Crippen molar-refractivity contribution >= 4 is 53.9 Å². The maximum Gasteiger partial charge on any atom is -0.000793 e. The van der Waals surface area contributed by atoms with Crippen molar-refractivity contribution in [3.05, 3.63) is 55.6 Å². The fraction of sp³-hybridized carbons (Fsp3) is 0.333. The van der Waals surface area contributed by atoms with Crippen molar-refractivity contribution in [1.29, 1.82) is 0 Å². The molecule has 150 valence electrons. The Labute approximate surface area is 178 Å². The summed E-state index contributed by atoms with van der Waals surface area (Å²) in [5, 5.41) is 15.2. The largest absolute Gasteiger partial charge is 0.0394 e. The fourth-order valence-corrected chi connectivity index (χ4v) is 7.03. The predicted octanol–water partition coefficient (Wildman–Crippen LogP) is 8.85. The molecule has 0 amide bonds. The lowest BCUT2D eigenvalue weighted by atomic mass is 9.84. The van der Waals surface area contributed by atoms with E-state index in [2.05, 4.69) is 69.2 Å². The zero-order valence-electron chi connectivity index (χ0n) is 20.0. The zero-order chi connectivity index (χ0) is 21.5. The monoisotopic (exact) mass is 390 g/mol. The van der Waals surface area contributed by atoms with Crippen LogP contribution in [0, 0.1) is 69.2 Å². The van der Waals surface area contributed by atoms with Gasteiger partial charge in [0.15, 0.2) is 0 Å². The van der Waals surface area contributed by atoms with Crippen LogP contribution in [0.5, 0.6) is 0 Å². The van der Waals surface area contributed by atoms with E-state index < -0.39 is 0 Å². The second-order valence-corrected chi connectivity index (χ2v) is 10.0. The molecule has 6 aromatic rings. The second-order valence-electron chi connectivity index (χ2n) is 10.0. The minimum Gasteiger partial charge on any atom is -0.0394 e. The summed E-state index contributed by atoms with van der Waals surface area (Å²) >= 11 is 0. The van der Waals surface area contributed by atoms with Gasteiger partial charge in [0.25, 0.3) is 0 Å². The van der Waals surface area contributed by atoms with E-state index in [1.807, 2.05) is 0 Å². The molecule has 6 aromatic carbocycles. The van der Waals surface area contributed by atoms with Crippen LogP contribution in [-0.2, 0) is 0 Å². The SMILES string of the molecule is Cc1c(C)c2c(C)c(C)c3c(C)c(C)c4c(C)c(C)c5c(C)c(C)c1c1c2c3c4c51. The first kappa shape index (κ1) is 18.2. The van der Waals surface area contributed by atoms with E-state index in [-0.39, 0.29) is 0 Å². The Hall–Kier alpha value is -2.60. The summed E-state index contributed by atoms with van der Waals surface area (Å²) in [6, 6.07) is 0. The van der Waals surface area contributed by atoms with Crippen molar-refractivity contribution in [2.45, 2.75) is 69.2 Å². The molecule has 0 atom stereocenters. The number of benzene rings is 5. The summed E-state index contributed by atoms with van der Waals surface area (Å²) < 4.78 is 0. The molecule has 0 aliphatic heterocycles. The highest BCUT2D eigenvalue weighted by molar-refractivity contribution is 6.47. The molecule has 0 saturated carbocycles. The molecule has 0 fully saturated rings. The fourth-order valence-electron chi connectivity index (χ4n) is 7.03. The van der Waals surface area contributed by atoms with Crippen LogP contribution in [0.15, 0.2) is 0 Å². The van der Waals surface area contributed by atoms with Crippen molar-refractivity contribution in [2.24, 2.45) is 0 Å². The van der Waals surface area contributed by atoms with E-state index in [1.165, 1.54) is 109 Å². The minimum atomic E-state index is 1.47. The van der Waals surface area contributed by atoms with Crippen molar-refractivity contribution in [3.63, 3.8) is 0 Å². The van der Waals surface area contributed by atoms with Gasteiger partial charge in [0.05, 0.1) is 0 Å². The maximum absolute atomic E-state index is 2.35. The van der Waals surface area contributed by atoms with Gasteiger partial charge in [-0.25, -0.2) is 0 Å². The number of hydrogen-bond donors (Lipinski definition) is 0. The van der Waals surface area contributed by atoms with Crippen LogP contribution >= 0.6 is 0 Å². The van der Waals surface area contributed by atoms with Gasteiger partial charge in [-0.05, 0) is 179 Å². The summed E-state index contributed by atoms with van der Waals surface area (Å²) in [6.45, 7) is 23.5. The van der Waals surface area contributed by atoms with Gasteiger partial charge in [0, 0.05) is 0 Å². The molecule has 0 spiro atoms.